The fraction of sp³-hybridized carbons (Fsp3) is 0.188. The van der Waals surface area contributed by atoms with Crippen LogP contribution >= 0.6 is 23.2 Å². The molecule has 0 spiro atoms. The van der Waals surface area contributed by atoms with Crippen molar-refractivity contribution in [3.8, 4) is 5.75 Å². The maximum atomic E-state index is 12.0. The third-order valence-electron chi connectivity index (χ3n) is 3.20. The first-order valence-corrected chi connectivity index (χ1v) is 7.74. The van der Waals surface area contributed by atoms with Crippen LogP contribution in [0, 0.1) is 10.1 Å². The highest BCUT2D eigenvalue weighted by atomic mass is 35.5. The van der Waals surface area contributed by atoms with Gasteiger partial charge in [0.1, 0.15) is 5.75 Å². The van der Waals surface area contributed by atoms with Gasteiger partial charge in [0.25, 0.3) is 11.6 Å². The van der Waals surface area contributed by atoms with Crippen LogP contribution in [0.1, 0.15) is 18.5 Å². The van der Waals surface area contributed by atoms with E-state index < -0.39 is 4.92 Å². The molecule has 8 heteroatoms. The number of amides is 1. The maximum Gasteiger partial charge on any atom is 0.273 e. The highest BCUT2D eigenvalue weighted by Crippen LogP contribution is 2.26. The van der Waals surface area contributed by atoms with Crippen LogP contribution in [0.15, 0.2) is 42.5 Å². The van der Waals surface area contributed by atoms with Crippen molar-refractivity contribution in [3.63, 3.8) is 0 Å². The van der Waals surface area contributed by atoms with E-state index in [2.05, 4.69) is 5.32 Å². The first-order chi connectivity index (χ1) is 11.4. The van der Waals surface area contributed by atoms with Gasteiger partial charge in [-0.1, -0.05) is 35.3 Å². The minimum atomic E-state index is -0.530. The Bertz CT molecular complexity index is 767. The lowest BCUT2D eigenvalue weighted by atomic mass is 10.1. The molecule has 0 aliphatic carbocycles. The molecule has 0 aliphatic rings. The van der Waals surface area contributed by atoms with Crippen LogP contribution < -0.4 is 10.1 Å². The van der Waals surface area contributed by atoms with Crippen molar-refractivity contribution >= 4 is 34.8 Å². The van der Waals surface area contributed by atoms with Crippen LogP contribution in [0.4, 0.5) is 5.69 Å². The van der Waals surface area contributed by atoms with Gasteiger partial charge in [0.05, 0.1) is 17.0 Å². The summed E-state index contributed by atoms with van der Waals surface area (Å²) in [6, 6.07) is 10.3. The number of nitro groups is 1. The molecule has 2 rings (SSSR count). The van der Waals surface area contributed by atoms with Gasteiger partial charge < -0.3 is 10.1 Å². The van der Waals surface area contributed by atoms with E-state index in [4.69, 9.17) is 27.9 Å². The first kappa shape index (κ1) is 18.0. The normalized spacial score (nSPS) is 11.6. The zero-order valence-corrected chi connectivity index (χ0v) is 14.2. The standard InChI is InChI=1S/C16H14Cl2N2O4/c1-10(14-6-5-11(17)7-15(14)18)19-16(21)9-24-13-4-2-3-12(8-13)20(22)23/h2-8,10H,9H2,1H3,(H,19,21)/t10-/m1/s1. The van der Waals surface area contributed by atoms with Crippen LogP contribution in [0.5, 0.6) is 5.75 Å². The molecule has 6 nitrogen and oxygen atoms in total. The highest BCUT2D eigenvalue weighted by molar-refractivity contribution is 6.35. The summed E-state index contributed by atoms with van der Waals surface area (Å²) in [5.74, 6) is -0.128. The summed E-state index contributed by atoms with van der Waals surface area (Å²) >= 11 is 11.9. The quantitative estimate of drug-likeness (QED) is 0.612. The number of carbonyl (C=O) groups excluding carboxylic acids is 1. The van der Waals surface area contributed by atoms with Crippen LogP contribution in [-0.4, -0.2) is 17.4 Å². The number of non-ortho nitro benzene ring substituents is 1. The smallest absolute Gasteiger partial charge is 0.273 e. The number of rotatable bonds is 6. The SMILES string of the molecule is C[C@@H](NC(=O)COc1cccc([N+](=O)[O-])c1)c1ccc(Cl)cc1Cl. The average Bonchev–Trinajstić information content (AvgIpc) is 2.53. The molecule has 126 valence electrons. The Labute approximate surface area is 148 Å². The molecule has 0 aliphatic heterocycles. The summed E-state index contributed by atoms with van der Waals surface area (Å²) in [5, 5.41) is 14.4. The molecule has 2 aromatic rings. The lowest BCUT2D eigenvalue weighted by molar-refractivity contribution is -0.384. The second-order valence-electron chi connectivity index (χ2n) is 5.00. The second-order valence-corrected chi connectivity index (χ2v) is 5.84. The number of benzene rings is 2. The van der Waals surface area contributed by atoms with E-state index in [1.165, 1.54) is 18.2 Å². The average molecular weight is 369 g/mol. The van der Waals surface area contributed by atoms with E-state index in [9.17, 15) is 14.9 Å². The minimum Gasteiger partial charge on any atom is -0.484 e. The van der Waals surface area contributed by atoms with Gasteiger partial charge in [-0.05, 0) is 30.7 Å². The number of hydrogen-bond donors (Lipinski definition) is 1. The summed E-state index contributed by atoms with van der Waals surface area (Å²) in [5.41, 5.74) is 0.624. The third-order valence-corrected chi connectivity index (χ3v) is 3.77. The molecule has 0 radical (unpaired) electrons. The molecule has 0 bridgehead atoms. The lowest BCUT2D eigenvalue weighted by Gasteiger charge is -2.16. The van der Waals surface area contributed by atoms with Crippen LogP contribution in [-0.2, 0) is 4.79 Å². The molecule has 0 unspecified atom stereocenters. The van der Waals surface area contributed by atoms with Crippen LogP contribution in [0.2, 0.25) is 10.0 Å². The van der Waals surface area contributed by atoms with Crippen molar-refractivity contribution in [1.82, 2.24) is 5.32 Å². The van der Waals surface area contributed by atoms with Gasteiger partial charge in [-0.2, -0.15) is 0 Å². The molecule has 1 N–H and O–H groups in total. The first-order valence-electron chi connectivity index (χ1n) is 6.98. The summed E-state index contributed by atoms with van der Waals surface area (Å²) in [6.07, 6.45) is 0. The zero-order chi connectivity index (χ0) is 17.7. The topological polar surface area (TPSA) is 81.5 Å². The number of nitro benzene ring substituents is 1. The van der Waals surface area contributed by atoms with Gasteiger partial charge >= 0.3 is 0 Å². The van der Waals surface area contributed by atoms with E-state index in [0.717, 1.165) is 5.56 Å². The van der Waals surface area contributed by atoms with Crippen molar-refractivity contribution in [2.45, 2.75) is 13.0 Å². The number of nitrogens with zero attached hydrogens (tertiary/aromatic N) is 1. The predicted molar refractivity (Wildman–Crippen MR) is 91.6 cm³/mol. The molecule has 0 heterocycles. The number of halogens is 2. The fourth-order valence-corrected chi connectivity index (χ4v) is 2.62. The Morgan fingerprint density at radius 3 is 2.71 bits per heavy atom. The Morgan fingerprint density at radius 2 is 2.04 bits per heavy atom. The second kappa shape index (κ2) is 7.99. The number of nitrogens with one attached hydrogen (secondary N) is 1. The highest BCUT2D eigenvalue weighted by Gasteiger charge is 2.14. The molecule has 1 amide bonds. The third kappa shape index (κ3) is 4.84. The van der Waals surface area contributed by atoms with Crippen LogP contribution in [0.3, 0.4) is 0 Å². The van der Waals surface area contributed by atoms with Gasteiger partial charge in [-0.15, -0.1) is 0 Å². The molecular weight excluding hydrogens is 355 g/mol. The molecule has 0 saturated carbocycles. The van der Waals surface area contributed by atoms with E-state index in [1.807, 2.05) is 0 Å². The zero-order valence-electron chi connectivity index (χ0n) is 12.7. The maximum absolute atomic E-state index is 12.0. The van der Waals surface area contributed by atoms with Gasteiger partial charge in [-0.3, -0.25) is 14.9 Å². The molecule has 0 fully saturated rings. The molecular formula is C16H14Cl2N2O4. The number of carbonyl (C=O) groups is 1. The van der Waals surface area contributed by atoms with Gasteiger partial charge in [0.2, 0.25) is 0 Å². The van der Waals surface area contributed by atoms with Gasteiger partial charge in [0, 0.05) is 16.1 Å². The summed E-state index contributed by atoms with van der Waals surface area (Å²) in [6.45, 7) is 1.51. The molecule has 0 saturated heterocycles. The molecule has 1 atom stereocenters. The number of ether oxygens (including phenoxy) is 1. The Morgan fingerprint density at radius 1 is 1.29 bits per heavy atom. The van der Waals surface area contributed by atoms with Crippen molar-refractivity contribution < 1.29 is 14.5 Å². The summed E-state index contributed by atoms with van der Waals surface area (Å²) in [7, 11) is 0. The Balaban J connectivity index is 1.93. The van der Waals surface area contributed by atoms with E-state index >= 15 is 0 Å². The Hall–Kier alpha value is -2.31. The molecule has 0 aromatic heterocycles. The predicted octanol–water partition coefficient (Wildman–Crippen LogP) is 4.16. The molecule has 2 aromatic carbocycles. The summed E-state index contributed by atoms with van der Waals surface area (Å²) < 4.78 is 5.27. The van der Waals surface area contributed by atoms with Crippen LogP contribution in [0.25, 0.3) is 0 Å². The Kier molecular flexibility index (Phi) is 6.00. The fourth-order valence-electron chi connectivity index (χ4n) is 2.05. The van der Waals surface area contributed by atoms with Crippen molar-refractivity contribution in [2.75, 3.05) is 6.61 Å². The lowest BCUT2D eigenvalue weighted by Crippen LogP contribution is -2.31. The van der Waals surface area contributed by atoms with E-state index in [-0.39, 0.29) is 30.0 Å². The largest absolute Gasteiger partial charge is 0.484 e. The van der Waals surface area contributed by atoms with Crippen molar-refractivity contribution in [1.29, 1.82) is 0 Å². The van der Waals surface area contributed by atoms with Gasteiger partial charge in [-0.25, -0.2) is 0 Å². The molecule has 24 heavy (non-hydrogen) atoms. The monoisotopic (exact) mass is 368 g/mol. The summed E-state index contributed by atoms with van der Waals surface area (Å²) in [4.78, 5) is 22.1. The van der Waals surface area contributed by atoms with E-state index in [1.54, 1.807) is 31.2 Å². The number of hydrogen-bond acceptors (Lipinski definition) is 4. The van der Waals surface area contributed by atoms with Gasteiger partial charge in [0.15, 0.2) is 6.61 Å². The van der Waals surface area contributed by atoms with Crippen molar-refractivity contribution in [3.05, 3.63) is 68.2 Å². The van der Waals surface area contributed by atoms with E-state index in [0.29, 0.717) is 10.0 Å². The minimum absolute atomic E-state index is 0.103. The van der Waals surface area contributed by atoms with Crippen molar-refractivity contribution in [2.24, 2.45) is 0 Å².